The minimum Gasteiger partial charge on any atom is -0.294 e. The topological polar surface area (TPSA) is 65.4 Å². The quantitative estimate of drug-likeness (QED) is 0.232. The highest BCUT2D eigenvalue weighted by atomic mass is 15.1. The van der Waals surface area contributed by atoms with Crippen molar-refractivity contribution >= 4 is 21.8 Å². The summed E-state index contributed by atoms with van der Waals surface area (Å²) in [5, 5.41) is 21.9. The van der Waals surface area contributed by atoms with Gasteiger partial charge in [-0.1, -0.05) is 97.1 Å². The van der Waals surface area contributed by atoms with Gasteiger partial charge in [0.25, 0.3) is 0 Å². The van der Waals surface area contributed by atoms with Gasteiger partial charge < -0.3 is 0 Å². The first-order valence-electron chi connectivity index (χ1n) is 13.4. The molecule has 5 aromatic carbocycles. The van der Waals surface area contributed by atoms with Crippen LogP contribution in [0.2, 0.25) is 0 Å². The molecule has 0 aliphatic carbocycles. The van der Waals surface area contributed by atoms with Gasteiger partial charge in [0, 0.05) is 21.9 Å². The van der Waals surface area contributed by atoms with Crippen molar-refractivity contribution in [1.29, 1.82) is 10.5 Å². The molecule has 0 amide bonds. The molecule has 0 N–H and O–H groups in total. The molecule has 41 heavy (non-hydrogen) atoms. The highest BCUT2D eigenvalue weighted by Gasteiger charge is 2.18. The second-order valence-electron chi connectivity index (χ2n) is 9.87. The van der Waals surface area contributed by atoms with E-state index in [0.717, 1.165) is 55.6 Å². The molecule has 4 nitrogen and oxygen atoms in total. The molecular weight excluding hydrogens is 500 g/mol. The van der Waals surface area contributed by atoms with E-state index in [-0.39, 0.29) is 0 Å². The Balaban J connectivity index is 1.56. The number of pyridine rings is 1. The van der Waals surface area contributed by atoms with E-state index >= 15 is 0 Å². The average molecular weight is 523 g/mol. The molecule has 0 atom stereocenters. The predicted molar refractivity (Wildman–Crippen MR) is 164 cm³/mol. The third kappa shape index (κ3) is 4.12. The van der Waals surface area contributed by atoms with E-state index in [1.165, 1.54) is 0 Å². The standard InChI is InChI=1S/C37H22N4/c38-23-28-14-9-15-29(24-39)37(28)27-18-19-32-31-16-7-8-17-34(31)41(35(32)21-27)36-22-30(25-10-3-1-4-11-25)20-33(40-36)26-12-5-2-6-13-26/h1-22H. The zero-order valence-corrected chi connectivity index (χ0v) is 22.0. The van der Waals surface area contributed by atoms with Crippen molar-refractivity contribution in [3.8, 4) is 51.5 Å². The van der Waals surface area contributed by atoms with Gasteiger partial charge >= 0.3 is 0 Å². The number of benzene rings is 5. The van der Waals surface area contributed by atoms with Crippen LogP contribution in [-0.2, 0) is 0 Å². The molecule has 7 aromatic rings. The van der Waals surface area contributed by atoms with Crippen molar-refractivity contribution in [3.63, 3.8) is 0 Å². The van der Waals surface area contributed by atoms with Crippen molar-refractivity contribution in [3.05, 3.63) is 145 Å². The van der Waals surface area contributed by atoms with Gasteiger partial charge in [0.15, 0.2) is 0 Å². The van der Waals surface area contributed by atoms with Crippen LogP contribution in [0.4, 0.5) is 0 Å². The normalized spacial score (nSPS) is 10.9. The van der Waals surface area contributed by atoms with Gasteiger partial charge in [-0.3, -0.25) is 4.57 Å². The Kier molecular flexibility index (Phi) is 5.86. The fraction of sp³-hybridized carbons (Fsp3) is 0. The van der Waals surface area contributed by atoms with Crippen molar-refractivity contribution < 1.29 is 0 Å². The van der Waals surface area contributed by atoms with E-state index in [2.05, 4.69) is 77.4 Å². The average Bonchev–Trinajstić information content (AvgIpc) is 3.38. The fourth-order valence-electron chi connectivity index (χ4n) is 5.61. The Morgan fingerprint density at radius 1 is 0.488 bits per heavy atom. The van der Waals surface area contributed by atoms with Gasteiger partial charge in [0.05, 0.1) is 40.0 Å². The zero-order valence-electron chi connectivity index (χ0n) is 22.0. The first-order valence-corrected chi connectivity index (χ1v) is 13.4. The Labute approximate surface area is 237 Å². The molecule has 0 saturated heterocycles. The molecular formula is C37H22N4. The van der Waals surface area contributed by atoms with Gasteiger partial charge in [-0.25, -0.2) is 4.98 Å². The largest absolute Gasteiger partial charge is 0.294 e. The van der Waals surface area contributed by atoms with E-state index in [0.29, 0.717) is 16.7 Å². The third-order valence-electron chi connectivity index (χ3n) is 7.49. The second kappa shape index (κ2) is 9.97. The number of nitriles is 2. The molecule has 0 aliphatic rings. The van der Waals surface area contributed by atoms with Gasteiger partial charge in [0.1, 0.15) is 5.82 Å². The second-order valence-corrected chi connectivity index (χ2v) is 9.87. The van der Waals surface area contributed by atoms with Crippen LogP contribution in [0.1, 0.15) is 11.1 Å². The molecule has 0 radical (unpaired) electrons. The summed E-state index contributed by atoms with van der Waals surface area (Å²) < 4.78 is 2.19. The van der Waals surface area contributed by atoms with Crippen molar-refractivity contribution in [1.82, 2.24) is 9.55 Å². The Morgan fingerprint density at radius 3 is 1.83 bits per heavy atom. The lowest BCUT2D eigenvalue weighted by atomic mass is 9.94. The van der Waals surface area contributed by atoms with Crippen LogP contribution in [0.25, 0.3) is 61.1 Å². The Morgan fingerprint density at radius 2 is 1.12 bits per heavy atom. The van der Waals surface area contributed by atoms with E-state index in [4.69, 9.17) is 4.98 Å². The summed E-state index contributed by atoms with van der Waals surface area (Å²) in [6.45, 7) is 0. The summed E-state index contributed by atoms with van der Waals surface area (Å²) in [5.41, 5.74) is 8.49. The maximum absolute atomic E-state index is 9.86. The minimum absolute atomic E-state index is 0.474. The lowest BCUT2D eigenvalue weighted by Gasteiger charge is -2.13. The molecule has 4 heteroatoms. The molecule has 0 fully saturated rings. The highest BCUT2D eigenvalue weighted by Crippen LogP contribution is 2.37. The van der Waals surface area contributed by atoms with E-state index in [1.54, 1.807) is 18.2 Å². The van der Waals surface area contributed by atoms with Gasteiger partial charge in [-0.15, -0.1) is 0 Å². The van der Waals surface area contributed by atoms with Crippen LogP contribution in [-0.4, -0.2) is 9.55 Å². The summed E-state index contributed by atoms with van der Waals surface area (Å²) in [6, 6.07) is 49.1. The van der Waals surface area contributed by atoms with Crippen LogP contribution in [0.3, 0.4) is 0 Å². The van der Waals surface area contributed by atoms with Gasteiger partial charge in [-0.2, -0.15) is 10.5 Å². The summed E-state index contributed by atoms with van der Waals surface area (Å²) in [4.78, 5) is 5.20. The fourth-order valence-corrected chi connectivity index (χ4v) is 5.61. The molecule has 0 spiro atoms. The molecule has 0 bridgehead atoms. The SMILES string of the molecule is N#Cc1cccc(C#N)c1-c1ccc2c3ccccc3n(-c3cc(-c4ccccc4)cc(-c4ccccc4)n3)c2c1. The van der Waals surface area contributed by atoms with Crippen molar-refractivity contribution in [2.45, 2.75) is 0 Å². The monoisotopic (exact) mass is 522 g/mol. The van der Waals surface area contributed by atoms with Crippen molar-refractivity contribution in [2.75, 3.05) is 0 Å². The smallest absolute Gasteiger partial charge is 0.138 e. The number of hydrogen-bond donors (Lipinski definition) is 0. The van der Waals surface area contributed by atoms with E-state index in [1.807, 2.05) is 54.6 Å². The number of aromatic nitrogens is 2. The van der Waals surface area contributed by atoms with Crippen LogP contribution in [0.15, 0.2) is 133 Å². The molecule has 2 aromatic heterocycles. The van der Waals surface area contributed by atoms with Crippen LogP contribution < -0.4 is 0 Å². The number of fused-ring (bicyclic) bond motifs is 3. The molecule has 0 saturated carbocycles. The Bertz CT molecular complexity index is 2070. The maximum Gasteiger partial charge on any atom is 0.138 e. The minimum atomic E-state index is 0.474. The van der Waals surface area contributed by atoms with Gasteiger partial charge in [0.2, 0.25) is 0 Å². The first kappa shape index (κ1) is 24.1. The molecule has 2 heterocycles. The summed E-state index contributed by atoms with van der Waals surface area (Å²) in [6.07, 6.45) is 0. The van der Waals surface area contributed by atoms with Crippen molar-refractivity contribution in [2.24, 2.45) is 0 Å². The predicted octanol–water partition coefficient (Wildman–Crippen LogP) is 8.92. The maximum atomic E-state index is 9.86. The number of rotatable bonds is 4. The van der Waals surface area contributed by atoms with Crippen LogP contribution in [0, 0.1) is 22.7 Å². The molecule has 0 aliphatic heterocycles. The first-order chi connectivity index (χ1) is 20.2. The number of para-hydroxylation sites is 1. The van der Waals surface area contributed by atoms with Gasteiger partial charge in [-0.05, 0) is 53.1 Å². The zero-order chi connectivity index (χ0) is 27.8. The highest BCUT2D eigenvalue weighted by molar-refractivity contribution is 6.10. The van der Waals surface area contributed by atoms with E-state index in [9.17, 15) is 10.5 Å². The number of nitrogens with zero attached hydrogens (tertiary/aromatic N) is 4. The molecule has 7 rings (SSSR count). The third-order valence-corrected chi connectivity index (χ3v) is 7.49. The van der Waals surface area contributed by atoms with E-state index < -0.39 is 0 Å². The summed E-state index contributed by atoms with van der Waals surface area (Å²) >= 11 is 0. The molecule has 0 unspecified atom stereocenters. The van der Waals surface area contributed by atoms with Crippen LogP contribution in [0.5, 0.6) is 0 Å². The van der Waals surface area contributed by atoms with Crippen LogP contribution >= 0.6 is 0 Å². The Hall–Kier alpha value is -5.97. The molecule has 190 valence electrons. The summed E-state index contributed by atoms with van der Waals surface area (Å²) in [5.74, 6) is 0.794. The number of hydrogen-bond acceptors (Lipinski definition) is 3. The summed E-state index contributed by atoms with van der Waals surface area (Å²) in [7, 11) is 0. The lowest BCUT2D eigenvalue weighted by Crippen LogP contribution is -2.00. The lowest BCUT2D eigenvalue weighted by molar-refractivity contribution is 1.08.